The van der Waals surface area contributed by atoms with Crippen LogP contribution in [0.2, 0.25) is 0 Å². The molecule has 0 aliphatic heterocycles. The Morgan fingerprint density at radius 1 is 1.08 bits per heavy atom. The molecule has 0 unspecified atom stereocenters. The molecule has 0 heterocycles. The second-order valence-corrected chi connectivity index (χ2v) is 7.92. The van der Waals surface area contributed by atoms with Crippen LogP contribution in [0.5, 0.6) is 0 Å². The Bertz CT molecular complexity index is 995. The van der Waals surface area contributed by atoms with Crippen molar-refractivity contribution < 1.29 is 22.7 Å². The maximum atomic E-state index is 12.3. The molecule has 0 amide bonds. The number of carbonyl (C=O) groups is 2. The third-order valence-electron chi connectivity index (χ3n) is 4.51. The minimum atomic E-state index is -3.93. The standard InChI is InChI=1S/C19H19NO5S/c1-12-5-8-16(26(20,23)24)10-17(12)19(22)25-11-18(21)15-7-6-13-3-2-4-14(13)9-15/h5-10H,2-4,11H2,1H3,(H2,20,23,24). The number of ketones is 1. The molecule has 0 bridgehead atoms. The first kappa shape index (κ1) is 18.3. The average Bonchev–Trinajstić information content (AvgIpc) is 3.06. The van der Waals surface area contributed by atoms with Crippen LogP contribution in [0.1, 0.15) is 43.8 Å². The molecule has 2 N–H and O–H groups in total. The van der Waals surface area contributed by atoms with E-state index in [0.29, 0.717) is 11.1 Å². The van der Waals surface area contributed by atoms with Gasteiger partial charge in [-0.15, -0.1) is 0 Å². The monoisotopic (exact) mass is 373 g/mol. The van der Waals surface area contributed by atoms with Gasteiger partial charge in [0.25, 0.3) is 0 Å². The zero-order valence-corrected chi connectivity index (χ0v) is 15.1. The Morgan fingerprint density at radius 3 is 2.54 bits per heavy atom. The fraction of sp³-hybridized carbons (Fsp3) is 0.263. The van der Waals surface area contributed by atoms with Gasteiger partial charge in [-0.3, -0.25) is 4.79 Å². The van der Waals surface area contributed by atoms with Crippen molar-refractivity contribution in [2.24, 2.45) is 5.14 Å². The minimum absolute atomic E-state index is 0.0679. The number of ether oxygens (including phenoxy) is 1. The maximum absolute atomic E-state index is 12.3. The molecule has 1 aliphatic carbocycles. The lowest BCUT2D eigenvalue weighted by atomic mass is 10.0. The van der Waals surface area contributed by atoms with Crippen LogP contribution >= 0.6 is 0 Å². The van der Waals surface area contributed by atoms with Crippen LogP contribution < -0.4 is 5.14 Å². The highest BCUT2D eigenvalue weighted by atomic mass is 32.2. The minimum Gasteiger partial charge on any atom is -0.454 e. The number of carbonyl (C=O) groups excluding carboxylic acids is 2. The summed E-state index contributed by atoms with van der Waals surface area (Å²) < 4.78 is 28.0. The highest BCUT2D eigenvalue weighted by Gasteiger charge is 2.18. The molecular formula is C19H19NO5S. The van der Waals surface area contributed by atoms with Gasteiger partial charge in [0.2, 0.25) is 10.0 Å². The Hall–Kier alpha value is -2.51. The van der Waals surface area contributed by atoms with Crippen molar-refractivity contribution in [1.29, 1.82) is 0 Å². The number of rotatable bonds is 5. The van der Waals surface area contributed by atoms with Gasteiger partial charge in [0, 0.05) is 5.56 Å². The van der Waals surface area contributed by atoms with Gasteiger partial charge in [0.1, 0.15) is 0 Å². The first-order valence-corrected chi connectivity index (χ1v) is 9.76. The third kappa shape index (κ3) is 3.84. The summed E-state index contributed by atoms with van der Waals surface area (Å²) in [6, 6.07) is 9.48. The van der Waals surface area contributed by atoms with Crippen LogP contribution in [0.4, 0.5) is 0 Å². The third-order valence-corrected chi connectivity index (χ3v) is 5.42. The Morgan fingerprint density at radius 2 is 1.81 bits per heavy atom. The van der Waals surface area contributed by atoms with Gasteiger partial charge >= 0.3 is 5.97 Å². The van der Waals surface area contributed by atoms with Crippen LogP contribution in [0.3, 0.4) is 0 Å². The number of hydrogen-bond acceptors (Lipinski definition) is 5. The second kappa shape index (κ2) is 7.01. The molecule has 6 nitrogen and oxygen atoms in total. The first-order valence-electron chi connectivity index (χ1n) is 8.21. The summed E-state index contributed by atoms with van der Waals surface area (Å²) in [6.45, 7) is 1.24. The molecule has 0 saturated heterocycles. The summed E-state index contributed by atoms with van der Waals surface area (Å²) in [4.78, 5) is 24.4. The van der Waals surface area contributed by atoms with E-state index in [1.54, 1.807) is 13.0 Å². The lowest BCUT2D eigenvalue weighted by molar-refractivity contribution is 0.0473. The fourth-order valence-electron chi connectivity index (χ4n) is 3.04. The summed E-state index contributed by atoms with van der Waals surface area (Å²) >= 11 is 0. The molecule has 1 aliphatic rings. The number of primary sulfonamides is 1. The number of nitrogens with two attached hydrogens (primary N) is 1. The molecule has 2 aromatic rings. The Labute approximate surface area is 152 Å². The van der Waals surface area contributed by atoms with Crippen molar-refractivity contribution >= 4 is 21.8 Å². The molecule has 3 rings (SSSR count). The summed E-state index contributed by atoms with van der Waals surface area (Å²) in [5.74, 6) is -1.06. The number of esters is 1. The molecule has 7 heteroatoms. The molecule has 0 radical (unpaired) electrons. The van der Waals surface area contributed by atoms with Crippen molar-refractivity contribution in [3.8, 4) is 0 Å². The SMILES string of the molecule is Cc1ccc(S(N)(=O)=O)cc1C(=O)OCC(=O)c1ccc2c(c1)CCC2. The number of aryl methyl sites for hydroxylation is 3. The number of sulfonamides is 1. The molecule has 136 valence electrons. The normalized spacial score (nSPS) is 13.3. The Kier molecular flexibility index (Phi) is 4.93. The fourth-order valence-corrected chi connectivity index (χ4v) is 3.58. The maximum Gasteiger partial charge on any atom is 0.338 e. The molecule has 0 saturated carbocycles. The predicted octanol–water partition coefficient (Wildman–Crippen LogP) is 2.17. The Balaban J connectivity index is 1.72. The molecule has 0 fully saturated rings. The van der Waals surface area contributed by atoms with Gasteiger partial charge in [-0.25, -0.2) is 18.4 Å². The predicted molar refractivity (Wildman–Crippen MR) is 95.6 cm³/mol. The van der Waals surface area contributed by atoms with Gasteiger partial charge in [-0.2, -0.15) is 0 Å². The van der Waals surface area contributed by atoms with Crippen LogP contribution in [-0.4, -0.2) is 26.8 Å². The molecule has 0 spiro atoms. The van der Waals surface area contributed by atoms with E-state index in [9.17, 15) is 18.0 Å². The number of benzene rings is 2. The van der Waals surface area contributed by atoms with E-state index in [2.05, 4.69) is 0 Å². The second-order valence-electron chi connectivity index (χ2n) is 6.36. The van der Waals surface area contributed by atoms with Crippen molar-refractivity contribution in [2.45, 2.75) is 31.1 Å². The summed E-state index contributed by atoms with van der Waals surface area (Å²) in [7, 11) is -3.93. The highest BCUT2D eigenvalue weighted by molar-refractivity contribution is 7.89. The van der Waals surface area contributed by atoms with Gasteiger partial charge in [0.05, 0.1) is 10.5 Å². The van der Waals surface area contributed by atoms with E-state index >= 15 is 0 Å². The van der Waals surface area contributed by atoms with Gasteiger partial charge in [-0.05, 0) is 61.1 Å². The zero-order valence-electron chi connectivity index (χ0n) is 14.3. The molecule has 0 atom stereocenters. The topological polar surface area (TPSA) is 104 Å². The summed E-state index contributed by atoms with van der Waals surface area (Å²) in [5.41, 5.74) is 3.53. The van der Waals surface area contributed by atoms with Crippen LogP contribution in [0.25, 0.3) is 0 Å². The van der Waals surface area contributed by atoms with E-state index in [0.717, 1.165) is 25.3 Å². The first-order chi connectivity index (χ1) is 12.3. The van der Waals surface area contributed by atoms with E-state index in [4.69, 9.17) is 9.88 Å². The average molecular weight is 373 g/mol. The van der Waals surface area contributed by atoms with Crippen LogP contribution in [0.15, 0.2) is 41.3 Å². The van der Waals surface area contributed by atoms with E-state index < -0.39 is 22.6 Å². The van der Waals surface area contributed by atoms with Crippen molar-refractivity contribution in [3.05, 3.63) is 64.2 Å². The van der Waals surface area contributed by atoms with Crippen LogP contribution in [0, 0.1) is 6.92 Å². The van der Waals surface area contributed by atoms with Crippen molar-refractivity contribution in [2.75, 3.05) is 6.61 Å². The summed E-state index contributed by atoms with van der Waals surface area (Å²) in [6.07, 6.45) is 3.07. The van der Waals surface area contributed by atoms with Crippen LogP contribution in [-0.2, 0) is 27.6 Å². The highest BCUT2D eigenvalue weighted by Crippen LogP contribution is 2.23. The van der Waals surface area contributed by atoms with E-state index in [1.165, 1.54) is 23.3 Å². The molecular weight excluding hydrogens is 354 g/mol. The van der Waals surface area contributed by atoms with Crippen molar-refractivity contribution in [1.82, 2.24) is 0 Å². The van der Waals surface area contributed by atoms with Gasteiger partial charge < -0.3 is 4.74 Å². The largest absolute Gasteiger partial charge is 0.454 e. The number of hydrogen-bond donors (Lipinski definition) is 1. The summed E-state index contributed by atoms with van der Waals surface area (Å²) in [5, 5.41) is 5.08. The lowest BCUT2D eigenvalue weighted by Crippen LogP contribution is -2.17. The number of Topliss-reactive ketones (excluding diaryl/α,β-unsaturated/α-hetero) is 1. The number of fused-ring (bicyclic) bond motifs is 1. The van der Waals surface area contributed by atoms with Gasteiger partial charge in [-0.1, -0.05) is 18.2 Å². The molecule has 0 aromatic heterocycles. The van der Waals surface area contributed by atoms with Crippen molar-refractivity contribution in [3.63, 3.8) is 0 Å². The van der Waals surface area contributed by atoms with Gasteiger partial charge in [0.15, 0.2) is 12.4 Å². The molecule has 2 aromatic carbocycles. The zero-order chi connectivity index (χ0) is 18.9. The quantitative estimate of drug-likeness (QED) is 0.639. The molecule has 26 heavy (non-hydrogen) atoms. The van der Waals surface area contributed by atoms with E-state index in [1.807, 2.05) is 12.1 Å². The van der Waals surface area contributed by atoms with E-state index in [-0.39, 0.29) is 16.2 Å². The lowest BCUT2D eigenvalue weighted by Gasteiger charge is -2.09. The smallest absolute Gasteiger partial charge is 0.338 e.